The number of halogens is 1. The molecule has 106 valence electrons. The van der Waals surface area contributed by atoms with E-state index in [1.807, 2.05) is 18.2 Å². The molecule has 0 radical (unpaired) electrons. The summed E-state index contributed by atoms with van der Waals surface area (Å²) in [6, 6.07) is 7.70. The van der Waals surface area contributed by atoms with E-state index in [4.69, 9.17) is 5.26 Å². The van der Waals surface area contributed by atoms with E-state index in [0.717, 1.165) is 35.8 Å². The SMILES string of the molecule is N#Cc1c(Br)cccc1NCC1CCCCC1C(=O)O. The first-order chi connectivity index (χ1) is 9.63. The Morgan fingerprint density at radius 1 is 1.45 bits per heavy atom. The lowest BCUT2D eigenvalue weighted by Gasteiger charge is -2.29. The fourth-order valence-electron chi connectivity index (χ4n) is 2.80. The quantitative estimate of drug-likeness (QED) is 0.880. The molecule has 0 aliphatic heterocycles. The lowest BCUT2D eigenvalue weighted by atomic mass is 9.79. The molecule has 1 aromatic rings. The highest BCUT2D eigenvalue weighted by Gasteiger charge is 2.30. The molecule has 20 heavy (non-hydrogen) atoms. The Morgan fingerprint density at radius 3 is 2.90 bits per heavy atom. The fraction of sp³-hybridized carbons (Fsp3) is 0.467. The van der Waals surface area contributed by atoms with Crippen molar-refractivity contribution in [3.05, 3.63) is 28.2 Å². The number of nitrogens with zero attached hydrogens (tertiary/aromatic N) is 1. The van der Waals surface area contributed by atoms with Crippen LogP contribution in [-0.4, -0.2) is 17.6 Å². The molecule has 0 heterocycles. The zero-order valence-electron chi connectivity index (χ0n) is 11.1. The second-order valence-corrected chi connectivity index (χ2v) is 6.00. The monoisotopic (exact) mass is 336 g/mol. The van der Waals surface area contributed by atoms with Gasteiger partial charge in [-0.1, -0.05) is 18.9 Å². The second-order valence-electron chi connectivity index (χ2n) is 5.14. The molecule has 0 bridgehead atoms. The molecule has 2 rings (SSSR count). The van der Waals surface area contributed by atoms with Crippen LogP contribution in [0.4, 0.5) is 5.69 Å². The largest absolute Gasteiger partial charge is 0.481 e. The van der Waals surface area contributed by atoms with Gasteiger partial charge in [0.25, 0.3) is 0 Å². The second kappa shape index (κ2) is 6.76. The number of aliphatic carboxylic acids is 1. The number of nitriles is 1. The average Bonchev–Trinajstić information content (AvgIpc) is 2.45. The number of carbonyl (C=O) groups is 1. The van der Waals surface area contributed by atoms with Gasteiger partial charge in [0.15, 0.2) is 0 Å². The summed E-state index contributed by atoms with van der Waals surface area (Å²) in [5.74, 6) is -0.841. The van der Waals surface area contributed by atoms with Crippen LogP contribution in [0.25, 0.3) is 0 Å². The number of anilines is 1. The topological polar surface area (TPSA) is 73.1 Å². The van der Waals surface area contributed by atoms with Crippen LogP contribution in [0.15, 0.2) is 22.7 Å². The van der Waals surface area contributed by atoms with Crippen molar-refractivity contribution < 1.29 is 9.90 Å². The summed E-state index contributed by atoms with van der Waals surface area (Å²) >= 11 is 3.35. The van der Waals surface area contributed by atoms with Crippen LogP contribution in [0.3, 0.4) is 0 Å². The van der Waals surface area contributed by atoms with Crippen LogP contribution in [0, 0.1) is 23.2 Å². The smallest absolute Gasteiger partial charge is 0.306 e. The summed E-state index contributed by atoms with van der Waals surface area (Å²) in [7, 11) is 0. The predicted molar refractivity (Wildman–Crippen MR) is 80.4 cm³/mol. The Labute approximate surface area is 126 Å². The third-order valence-electron chi connectivity index (χ3n) is 3.91. The van der Waals surface area contributed by atoms with E-state index in [2.05, 4.69) is 27.3 Å². The Bertz CT molecular complexity index is 539. The van der Waals surface area contributed by atoms with Crippen LogP contribution in [-0.2, 0) is 4.79 Å². The summed E-state index contributed by atoms with van der Waals surface area (Å²) in [6.45, 7) is 0.599. The normalized spacial score (nSPS) is 22.0. The minimum atomic E-state index is -0.703. The summed E-state index contributed by atoms with van der Waals surface area (Å²) in [4.78, 5) is 11.3. The van der Waals surface area contributed by atoms with Crippen molar-refractivity contribution in [2.45, 2.75) is 25.7 Å². The molecule has 2 unspecified atom stereocenters. The van der Waals surface area contributed by atoms with Crippen molar-refractivity contribution in [2.75, 3.05) is 11.9 Å². The Kier molecular flexibility index (Phi) is 5.02. The van der Waals surface area contributed by atoms with Crippen molar-refractivity contribution in [3.63, 3.8) is 0 Å². The number of benzene rings is 1. The molecule has 0 amide bonds. The molecular weight excluding hydrogens is 320 g/mol. The lowest BCUT2D eigenvalue weighted by molar-refractivity contribution is -0.144. The predicted octanol–water partition coefficient (Wildman–Crippen LogP) is 3.62. The van der Waals surface area contributed by atoms with Gasteiger partial charge in [0.05, 0.1) is 17.2 Å². The highest BCUT2D eigenvalue weighted by molar-refractivity contribution is 9.10. The summed E-state index contributed by atoms with van der Waals surface area (Å²) in [6.07, 6.45) is 3.76. The molecule has 2 N–H and O–H groups in total. The molecule has 2 atom stereocenters. The van der Waals surface area contributed by atoms with E-state index in [1.165, 1.54) is 0 Å². The van der Waals surface area contributed by atoms with Crippen molar-refractivity contribution in [1.29, 1.82) is 5.26 Å². The average molecular weight is 337 g/mol. The van der Waals surface area contributed by atoms with Crippen LogP contribution >= 0.6 is 15.9 Å². The zero-order valence-corrected chi connectivity index (χ0v) is 12.7. The van der Waals surface area contributed by atoms with Crippen molar-refractivity contribution in [3.8, 4) is 6.07 Å². The van der Waals surface area contributed by atoms with Crippen LogP contribution in [0.2, 0.25) is 0 Å². The third kappa shape index (κ3) is 3.31. The molecule has 4 nitrogen and oxygen atoms in total. The number of carboxylic acid groups (broad SMARTS) is 1. The maximum Gasteiger partial charge on any atom is 0.306 e. The minimum Gasteiger partial charge on any atom is -0.481 e. The van der Waals surface area contributed by atoms with Gasteiger partial charge in [0, 0.05) is 11.0 Å². The summed E-state index contributed by atoms with van der Waals surface area (Å²) in [5, 5.41) is 21.7. The van der Waals surface area contributed by atoms with Gasteiger partial charge in [0.1, 0.15) is 6.07 Å². The van der Waals surface area contributed by atoms with Crippen molar-refractivity contribution >= 4 is 27.6 Å². The third-order valence-corrected chi connectivity index (χ3v) is 4.57. The van der Waals surface area contributed by atoms with Gasteiger partial charge in [-0.25, -0.2) is 0 Å². The minimum absolute atomic E-state index is 0.131. The number of hydrogen-bond donors (Lipinski definition) is 2. The van der Waals surface area contributed by atoms with E-state index in [9.17, 15) is 9.90 Å². The van der Waals surface area contributed by atoms with Gasteiger partial charge >= 0.3 is 5.97 Å². The van der Waals surface area contributed by atoms with Gasteiger partial charge in [-0.3, -0.25) is 4.79 Å². The first-order valence-corrected chi connectivity index (χ1v) is 7.58. The number of nitrogens with one attached hydrogen (secondary N) is 1. The van der Waals surface area contributed by atoms with E-state index < -0.39 is 5.97 Å². The van der Waals surface area contributed by atoms with Crippen LogP contribution in [0.1, 0.15) is 31.2 Å². The van der Waals surface area contributed by atoms with E-state index in [0.29, 0.717) is 12.1 Å². The molecule has 0 spiro atoms. The maximum absolute atomic E-state index is 11.3. The van der Waals surface area contributed by atoms with Crippen LogP contribution < -0.4 is 5.32 Å². The first kappa shape index (κ1) is 14.9. The van der Waals surface area contributed by atoms with Gasteiger partial charge in [-0.05, 0) is 46.8 Å². The van der Waals surface area contributed by atoms with Crippen molar-refractivity contribution in [2.24, 2.45) is 11.8 Å². The Morgan fingerprint density at radius 2 is 2.20 bits per heavy atom. The molecule has 1 aromatic carbocycles. The molecule has 1 fully saturated rings. The highest BCUT2D eigenvalue weighted by atomic mass is 79.9. The number of hydrogen-bond acceptors (Lipinski definition) is 3. The van der Waals surface area contributed by atoms with E-state index in [1.54, 1.807) is 0 Å². The Hall–Kier alpha value is -1.54. The molecule has 1 aliphatic rings. The van der Waals surface area contributed by atoms with E-state index in [-0.39, 0.29) is 11.8 Å². The van der Waals surface area contributed by atoms with Crippen molar-refractivity contribution in [1.82, 2.24) is 0 Å². The fourth-order valence-corrected chi connectivity index (χ4v) is 3.26. The zero-order chi connectivity index (χ0) is 14.5. The maximum atomic E-state index is 11.3. The van der Waals surface area contributed by atoms with Crippen LogP contribution in [0.5, 0.6) is 0 Å². The molecule has 1 saturated carbocycles. The van der Waals surface area contributed by atoms with Gasteiger partial charge in [-0.15, -0.1) is 0 Å². The summed E-state index contributed by atoms with van der Waals surface area (Å²) < 4.78 is 0.753. The van der Waals surface area contributed by atoms with Gasteiger partial charge < -0.3 is 10.4 Å². The molecular formula is C15H17BrN2O2. The molecule has 0 saturated heterocycles. The van der Waals surface area contributed by atoms with Gasteiger partial charge in [0.2, 0.25) is 0 Å². The highest BCUT2D eigenvalue weighted by Crippen LogP contribution is 2.31. The first-order valence-electron chi connectivity index (χ1n) is 6.78. The lowest BCUT2D eigenvalue weighted by Crippen LogP contribution is -2.31. The molecule has 0 aromatic heterocycles. The number of carboxylic acids is 1. The standard InChI is InChI=1S/C15H17BrN2O2/c16-13-6-3-7-14(12(13)8-17)18-9-10-4-1-2-5-11(10)15(19)20/h3,6-7,10-11,18H,1-2,4-5,9H2,(H,19,20). The molecule has 1 aliphatic carbocycles. The number of rotatable bonds is 4. The van der Waals surface area contributed by atoms with Gasteiger partial charge in [-0.2, -0.15) is 5.26 Å². The molecule has 5 heteroatoms. The van der Waals surface area contributed by atoms with E-state index >= 15 is 0 Å². The summed E-state index contributed by atoms with van der Waals surface area (Å²) in [5.41, 5.74) is 1.33. The Balaban J connectivity index is 2.06.